The maximum atomic E-state index is 5.79. The van der Waals surface area contributed by atoms with Gasteiger partial charge in [0.1, 0.15) is 5.15 Å². The third kappa shape index (κ3) is 4.63. The summed E-state index contributed by atoms with van der Waals surface area (Å²) in [7, 11) is 0. The zero-order valence-electron chi connectivity index (χ0n) is 10.5. The van der Waals surface area contributed by atoms with Crippen LogP contribution in [0.2, 0.25) is 5.15 Å². The van der Waals surface area contributed by atoms with Crippen molar-refractivity contribution in [2.24, 2.45) is 4.99 Å². The highest BCUT2D eigenvalue weighted by molar-refractivity contribution is 8.23. The summed E-state index contributed by atoms with van der Waals surface area (Å²) in [6.45, 7) is 3.87. The molecule has 0 saturated carbocycles. The largest absolute Gasteiger partial charge is 0.346 e. The molecule has 1 aromatic rings. The van der Waals surface area contributed by atoms with Gasteiger partial charge < -0.3 is 4.90 Å². The third-order valence-electron chi connectivity index (χ3n) is 2.48. The van der Waals surface area contributed by atoms with Crippen molar-refractivity contribution < 1.29 is 0 Å². The Kier molecular flexibility index (Phi) is 5.94. The number of thiocarbonyl (C=S) groups is 1. The summed E-state index contributed by atoms with van der Waals surface area (Å²) >= 11 is 14.4. The highest BCUT2D eigenvalue weighted by atomic mass is 35.5. The molecule has 0 spiro atoms. The van der Waals surface area contributed by atoms with Crippen LogP contribution in [0.15, 0.2) is 23.3 Å². The predicted octanol–water partition coefficient (Wildman–Crippen LogP) is 3.68. The lowest BCUT2D eigenvalue weighted by molar-refractivity contribution is 0.457. The van der Waals surface area contributed by atoms with Crippen molar-refractivity contribution in [2.45, 2.75) is 13.5 Å². The number of nitrogens with zero attached hydrogens (tertiary/aromatic N) is 3. The zero-order valence-corrected chi connectivity index (χ0v) is 13.7. The van der Waals surface area contributed by atoms with Crippen molar-refractivity contribution in [2.75, 3.05) is 18.1 Å². The van der Waals surface area contributed by atoms with E-state index >= 15 is 0 Å². The van der Waals surface area contributed by atoms with Gasteiger partial charge >= 0.3 is 0 Å². The van der Waals surface area contributed by atoms with Crippen LogP contribution < -0.4 is 0 Å². The Bertz CT molecular complexity index is 476. The number of thioether (sulfide) groups is 2. The van der Waals surface area contributed by atoms with Gasteiger partial charge in [0.15, 0.2) is 9.49 Å². The Labute approximate surface area is 132 Å². The van der Waals surface area contributed by atoms with Crippen molar-refractivity contribution >= 4 is 56.8 Å². The van der Waals surface area contributed by atoms with Crippen LogP contribution in [-0.4, -0.2) is 37.4 Å². The monoisotopic (exact) mass is 331 g/mol. The van der Waals surface area contributed by atoms with Gasteiger partial charge in [0.2, 0.25) is 0 Å². The molecule has 2 heterocycles. The molecule has 2 rings (SSSR count). The molecule has 1 aliphatic heterocycles. The third-order valence-corrected chi connectivity index (χ3v) is 4.77. The fourth-order valence-corrected chi connectivity index (χ4v) is 3.69. The normalized spacial score (nSPS) is 17.2. The van der Waals surface area contributed by atoms with Crippen molar-refractivity contribution in [1.29, 1.82) is 0 Å². The van der Waals surface area contributed by atoms with Gasteiger partial charge in [-0.1, -0.05) is 60.3 Å². The minimum absolute atomic E-state index is 0.522. The molecular weight excluding hydrogens is 318 g/mol. The van der Waals surface area contributed by atoms with Gasteiger partial charge in [-0.2, -0.15) is 0 Å². The van der Waals surface area contributed by atoms with Gasteiger partial charge in [-0.15, -0.1) is 0 Å². The first kappa shape index (κ1) is 15.1. The molecule has 0 unspecified atom stereocenters. The molecule has 3 nitrogen and oxygen atoms in total. The maximum absolute atomic E-state index is 5.79. The van der Waals surface area contributed by atoms with Crippen molar-refractivity contribution in [3.8, 4) is 0 Å². The second-order valence-corrected chi connectivity index (χ2v) is 7.20. The number of amidine groups is 1. The highest BCUT2D eigenvalue weighted by Gasteiger charge is 2.20. The van der Waals surface area contributed by atoms with E-state index in [-0.39, 0.29) is 0 Å². The second-order valence-electron chi connectivity index (χ2n) is 3.85. The smallest absolute Gasteiger partial charge is 0.166 e. The summed E-state index contributed by atoms with van der Waals surface area (Å²) < 4.78 is 0.714. The van der Waals surface area contributed by atoms with Crippen LogP contribution >= 0.6 is 47.3 Å². The molecule has 0 bridgehead atoms. The minimum Gasteiger partial charge on any atom is -0.346 e. The number of rotatable bonds is 3. The van der Waals surface area contributed by atoms with Crippen molar-refractivity contribution in [3.63, 3.8) is 0 Å². The lowest BCUT2D eigenvalue weighted by Gasteiger charge is -2.17. The topological polar surface area (TPSA) is 28.5 Å². The molecule has 1 fully saturated rings. The molecule has 1 aromatic heterocycles. The molecule has 0 aromatic carbocycles. The van der Waals surface area contributed by atoms with E-state index in [1.165, 1.54) is 0 Å². The quantitative estimate of drug-likeness (QED) is 0.622. The molecule has 0 atom stereocenters. The Morgan fingerprint density at radius 2 is 2.47 bits per heavy atom. The predicted molar refractivity (Wildman–Crippen MR) is 90.3 cm³/mol. The lowest BCUT2D eigenvalue weighted by atomic mass is 10.3. The first-order valence-corrected chi connectivity index (χ1v) is 8.68. The van der Waals surface area contributed by atoms with E-state index in [4.69, 9.17) is 23.8 Å². The van der Waals surface area contributed by atoms with Gasteiger partial charge in [-0.25, -0.2) is 9.98 Å². The first-order chi connectivity index (χ1) is 9.19. The highest BCUT2D eigenvalue weighted by Crippen LogP contribution is 2.22. The van der Waals surface area contributed by atoms with Crippen LogP contribution in [0.1, 0.15) is 12.5 Å². The van der Waals surface area contributed by atoms with Gasteiger partial charge in [0.25, 0.3) is 0 Å². The SMILES string of the molecule is CCSC(=S)/N=C1\SCCN1Cc1ccc(Cl)nc1. The van der Waals surface area contributed by atoms with Gasteiger partial charge in [-0.3, -0.25) is 0 Å². The fourth-order valence-electron chi connectivity index (χ4n) is 1.64. The molecule has 7 heteroatoms. The summed E-state index contributed by atoms with van der Waals surface area (Å²) in [5.41, 5.74) is 1.13. The Hall–Kier alpha value is -0.300. The van der Waals surface area contributed by atoms with Crippen LogP contribution in [0.4, 0.5) is 0 Å². The van der Waals surface area contributed by atoms with Crippen LogP contribution in [0.25, 0.3) is 0 Å². The average molecular weight is 332 g/mol. The number of halogens is 1. The number of hydrogen-bond donors (Lipinski definition) is 0. The first-order valence-electron chi connectivity index (χ1n) is 5.92. The number of aliphatic imine (C=N–C) groups is 1. The standard InChI is InChI=1S/C12H14ClN3S3/c1-2-18-12(17)15-11-16(5-6-19-11)8-9-3-4-10(13)14-7-9/h3-4,7H,2,5-6,8H2,1H3/b15-11-. The molecule has 0 N–H and O–H groups in total. The van der Waals surface area contributed by atoms with Crippen LogP contribution in [0.5, 0.6) is 0 Å². The summed E-state index contributed by atoms with van der Waals surface area (Å²) in [5.74, 6) is 2.01. The molecule has 0 amide bonds. The summed E-state index contributed by atoms with van der Waals surface area (Å²) in [6.07, 6.45) is 1.81. The van der Waals surface area contributed by atoms with Crippen LogP contribution in [-0.2, 0) is 6.54 Å². The van der Waals surface area contributed by atoms with Gasteiger partial charge in [0.05, 0.1) is 0 Å². The van der Waals surface area contributed by atoms with E-state index in [1.807, 2.05) is 18.3 Å². The molecule has 19 heavy (non-hydrogen) atoms. The Balaban J connectivity index is 2.02. The summed E-state index contributed by atoms with van der Waals surface area (Å²) in [5, 5.41) is 1.54. The Morgan fingerprint density at radius 3 is 3.16 bits per heavy atom. The van der Waals surface area contributed by atoms with Gasteiger partial charge in [0, 0.05) is 25.0 Å². The molecule has 1 aliphatic rings. The van der Waals surface area contributed by atoms with E-state index < -0.39 is 0 Å². The molecule has 1 saturated heterocycles. The molecule has 102 valence electrons. The van der Waals surface area contributed by atoms with E-state index in [9.17, 15) is 0 Å². The summed E-state index contributed by atoms with van der Waals surface area (Å²) in [4.78, 5) is 10.8. The average Bonchev–Trinajstić information content (AvgIpc) is 2.80. The summed E-state index contributed by atoms with van der Waals surface area (Å²) in [6, 6.07) is 3.81. The molecule has 0 aliphatic carbocycles. The second kappa shape index (κ2) is 7.47. The zero-order chi connectivity index (χ0) is 13.7. The number of hydrogen-bond acceptors (Lipinski definition) is 4. The molecular formula is C12H14ClN3S3. The fraction of sp³-hybridized carbons (Fsp3) is 0.417. The van der Waals surface area contributed by atoms with Crippen molar-refractivity contribution in [3.05, 3.63) is 29.0 Å². The lowest BCUT2D eigenvalue weighted by Crippen LogP contribution is -2.24. The minimum atomic E-state index is 0.522. The van der Waals surface area contributed by atoms with E-state index in [0.717, 1.165) is 35.3 Å². The van der Waals surface area contributed by atoms with Crippen molar-refractivity contribution in [1.82, 2.24) is 9.88 Å². The van der Waals surface area contributed by atoms with E-state index in [1.54, 1.807) is 23.5 Å². The molecule has 0 radical (unpaired) electrons. The Morgan fingerprint density at radius 1 is 1.63 bits per heavy atom. The number of pyridine rings is 1. The maximum Gasteiger partial charge on any atom is 0.166 e. The van der Waals surface area contributed by atoms with Crippen LogP contribution in [0.3, 0.4) is 0 Å². The van der Waals surface area contributed by atoms with Gasteiger partial charge in [-0.05, 0) is 17.4 Å². The van der Waals surface area contributed by atoms with E-state index in [2.05, 4.69) is 21.8 Å². The van der Waals surface area contributed by atoms with E-state index in [0.29, 0.717) is 9.47 Å². The number of aromatic nitrogens is 1. The van der Waals surface area contributed by atoms with Crippen LogP contribution in [0, 0.1) is 0 Å².